The third-order valence-electron chi connectivity index (χ3n) is 4.55. The van der Waals surface area contributed by atoms with Crippen molar-refractivity contribution in [3.05, 3.63) is 89.7 Å². The van der Waals surface area contributed by atoms with Gasteiger partial charge in [-0.1, -0.05) is 47.5 Å². The molecule has 0 saturated heterocycles. The van der Waals surface area contributed by atoms with Crippen LogP contribution in [0.25, 0.3) is 22.4 Å². The van der Waals surface area contributed by atoms with Crippen LogP contribution in [0.3, 0.4) is 0 Å². The molecule has 1 aromatic heterocycles. The van der Waals surface area contributed by atoms with Crippen LogP contribution in [-0.4, -0.2) is 10.5 Å². The summed E-state index contributed by atoms with van der Waals surface area (Å²) in [6, 6.07) is 23.2. The van der Waals surface area contributed by atoms with Crippen molar-refractivity contribution in [2.75, 3.05) is 0 Å². The Balaban J connectivity index is 2.12. The number of carboxylic acid groups (broad SMARTS) is 1. The molecule has 0 spiro atoms. The number of aromatic carboxylic acids is 1. The van der Waals surface area contributed by atoms with Crippen LogP contribution in [0.5, 0.6) is 0 Å². The molecular weight excluding hydrogens is 324 g/mol. The van der Waals surface area contributed by atoms with Crippen molar-refractivity contribution in [3.8, 4) is 11.4 Å². The molecule has 4 nitrogen and oxygen atoms in total. The number of carbonyl (C=O) groups is 1. The van der Waals surface area contributed by atoms with Crippen molar-refractivity contribution >= 4 is 17.0 Å². The van der Waals surface area contributed by atoms with Crippen LogP contribution in [0.1, 0.15) is 21.7 Å². The third-order valence-corrected chi connectivity index (χ3v) is 4.55. The first-order valence-electron chi connectivity index (χ1n) is 8.47. The van der Waals surface area contributed by atoms with Crippen LogP contribution in [0.4, 0.5) is 0 Å². The fraction of sp³-hybridized carbons (Fsp3) is 0.0909. The standard InChI is InChI=1S/C22H18N2O2/c1-15-7-11-17(12-8-15)23-19-5-3-4-6-20(19)24(21(23)22(25)26)18-13-9-16(2)10-14-18/h3-14H,1-2H3. The summed E-state index contributed by atoms with van der Waals surface area (Å²) in [5.74, 6) is -1.12. The summed E-state index contributed by atoms with van der Waals surface area (Å²) < 4.78 is 3.48. The third kappa shape index (κ3) is 2.56. The first-order chi connectivity index (χ1) is 12.6. The van der Waals surface area contributed by atoms with Crippen molar-refractivity contribution in [2.24, 2.45) is 0 Å². The van der Waals surface area contributed by atoms with Crippen LogP contribution in [0.2, 0.25) is 0 Å². The monoisotopic (exact) mass is 342 g/mol. The number of hydrogen-bond acceptors (Lipinski definition) is 2. The molecule has 128 valence electrons. The predicted molar refractivity (Wildman–Crippen MR) is 98.6 cm³/mol. The van der Waals surface area contributed by atoms with Gasteiger partial charge < -0.3 is 9.90 Å². The average Bonchev–Trinajstić information content (AvgIpc) is 2.99. The molecule has 4 heteroatoms. The lowest BCUT2D eigenvalue weighted by atomic mass is 10.2. The molecule has 0 amide bonds. The molecule has 4 rings (SSSR count). The van der Waals surface area contributed by atoms with Crippen molar-refractivity contribution in [1.29, 1.82) is 0 Å². The van der Waals surface area contributed by atoms with Crippen LogP contribution < -0.4 is 9.67 Å². The Bertz CT molecular complexity index is 1030. The zero-order valence-electron chi connectivity index (χ0n) is 14.6. The number of aromatic nitrogens is 2. The number of carboxylic acids is 1. The summed E-state index contributed by atoms with van der Waals surface area (Å²) in [6.45, 7) is 4.01. The van der Waals surface area contributed by atoms with E-state index in [0.717, 1.165) is 33.5 Å². The van der Waals surface area contributed by atoms with Gasteiger partial charge in [0.2, 0.25) is 0 Å². The van der Waals surface area contributed by atoms with Crippen molar-refractivity contribution in [2.45, 2.75) is 13.8 Å². The van der Waals surface area contributed by atoms with Gasteiger partial charge in [-0.05, 0) is 50.2 Å². The molecule has 0 bridgehead atoms. The fourth-order valence-corrected chi connectivity index (χ4v) is 3.26. The van der Waals surface area contributed by atoms with Gasteiger partial charge in [0.15, 0.2) is 17.0 Å². The maximum Gasteiger partial charge on any atom is 0.316 e. The normalized spacial score (nSPS) is 11.0. The van der Waals surface area contributed by atoms with E-state index in [1.54, 1.807) is 9.13 Å². The van der Waals surface area contributed by atoms with Gasteiger partial charge in [-0.3, -0.25) is 0 Å². The Morgan fingerprint density at radius 1 is 0.846 bits per heavy atom. The summed E-state index contributed by atoms with van der Waals surface area (Å²) >= 11 is 0. The van der Waals surface area contributed by atoms with Crippen LogP contribution >= 0.6 is 0 Å². The lowest BCUT2D eigenvalue weighted by molar-refractivity contribution is -0.574. The molecule has 0 unspecified atom stereocenters. The number of imidazole rings is 1. The maximum atomic E-state index is 12.1. The van der Waals surface area contributed by atoms with Gasteiger partial charge in [0.1, 0.15) is 11.4 Å². The highest BCUT2D eigenvalue weighted by atomic mass is 16.4. The van der Waals surface area contributed by atoms with E-state index in [4.69, 9.17) is 0 Å². The van der Waals surface area contributed by atoms with Crippen molar-refractivity contribution < 1.29 is 14.5 Å². The Labute approximate surface area is 151 Å². The van der Waals surface area contributed by atoms with Crippen molar-refractivity contribution in [3.63, 3.8) is 0 Å². The number of aryl methyl sites for hydroxylation is 2. The predicted octanol–water partition coefficient (Wildman–Crippen LogP) is 2.89. The largest absolute Gasteiger partial charge is 0.538 e. The molecule has 0 N–H and O–H groups in total. The first kappa shape index (κ1) is 16.1. The van der Waals surface area contributed by atoms with E-state index in [1.165, 1.54) is 0 Å². The Kier molecular flexibility index (Phi) is 3.81. The Hall–Kier alpha value is -3.40. The SMILES string of the molecule is Cc1ccc(-n2c(C(=O)[O-])[n+](-c3ccc(C)cc3)c3ccccc32)cc1. The maximum absolute atomic E-state index is 12.1. The minimum Gasteiger partial charge on any atom is -0.538 e. The van der Waals surface area contributed by atoms with Gasteiger partial charge in [0, 0.05) is 0 Å². The van der Waals surface area contributed by atoms with Gasteiger partial charge in [0.25, 0.3) is 0 Å². The van der Waals surface area contributed by atoms with Gasteiger partial charge in [-0.15, -0.1) is 0 Å². The molecule has 0 radical (unpaired) electrons. The molecular formula is C22H18N2O2. The molecule has 1 heterocycles. The van der Waals surface area contributed by atoms with E-state index >= 15 is 0 Å². The molecule has 0 fully saturated rings. The number of hydrogen-bond donors (Lipinski definition) is 0. The molecule has 0 atom stereocenters. The van der Waals surface area contributed by atoms with E-state index in [-0.39, 0.29) is 5.82 Å². The van der Waals surface area contributed by atoms with Crippen LogP contribution in [0.15, 0.2) is 72.8 Å². The van der Waals surface area contributed by atoms with Gasteiger partial charge >= 0.3 is 5.82 Å². The fourth-order valence-electron chi connectivity index (χ4n) is 3.26. The number of para-hydroxylation sites is 2. The summed E-state index contributed by atoms with van der Waals surface area (Å²) in [6.07, 6.45) is 0. The number of rotatable bonds is 3. The molecule has 0 aliphatic carbocycles. The number of benzene rings is 3. The zero-order valence-corrected chi connectivity index (χ0v) is 14.6. The molecule has 0 aliphatic heterocycles. The minimum absolute atomic E-state index is 0.0962. The average molecular weight is 342 g/mol. The Morgan fingerprint density at radius 2 is 1.42 bits per heavy atom. The molecule has 26 heavy (non-hydrogen) atoms. The highest BCUT2D eigenvalue weighted by molar-refractivity contribution is 5.87. The molecule has 3 aromatic carbocycles. The van der Waals surface area contributed by atoms with Gasteiger partial charge in [-0.25, -0.2) is 0 Å². The molecule has 0 saturated carbocycles. The van der Waals surface area contributed by atoms with E-state index in [2.05, 4.69) is 0 Å². The minimum atomic E-state index is -1.22. The highest BCUT2D eigenvalue weighted by Crippen LogP contribution is 2.22. The van der Waals surface area contributed by atoms with E-state index < -0.39 is 5.97 Å². The zero-order chi connectivity index (χ0) is 18.3. The Morgan fingerprint density at radius 3 is 2.04 bits per heavy atom. The smallest absolute Gasteiger partial charge is 0.316 e. The van der Waals surface area contributed by atoms with E-state index in [0.29, 0.717) is 0 Å². The van der Waals surface area contributed by atoms with E-state index in [9.17, 15) is 9.90 Å². The second kappa shape index (κ2) is 6.15. The van der Waals surface area contributed by atoms with Crippen LogP contribution in [-0.2, 0) is 0 Å². The molecule has 4 aromatic rings. The van der Waals surface area contributed by atoms with Crippen molar-refractivity contribution in [1.82, 2.24) is 4.57 Å². The van der Waals surface area contributed by atoms with Gasteiger partial charge in [0.05, 0.1) is 0 Å². The number of nitrogens with zero attached hydrogens (tertiary/aromatic N) is 2. The summed E-state index contributed by atoms with van der Waals surface area (Å²) in [7, 11) is 0. The second-order valence-corrected chi connectivity index (χ2v) is 6.44. The summed E-state index contributed by atoms with van der Waals surface area (Å²) in [5.41, 5.74) is 5.44. The highest BCUT2D eigenvalue weighted by Gasteiger charge is 2.28. The quantitative estimate of drug-likeness (QED) is 0.538. The van der Waals surface area contributed by atoms with Gasteiger partial charge in [-0.2, -0.15) is 9.13 Å². The molecule has 0 aliphatic rings. The number of carbonyl (C=O) groups excluding carboxylic acids is 1. The first-order valence-corrected chi connectivity index (χ1v) is 8.47. The lowest BCUT2D eigenvalue weighted by Gasteiger charge is -2.06. The van der Waals surface area contributed by atoms with Crippen LogP contribution in [0, 0.1) is 13.8 Å². The second-order valence-electron chi connectivity index (χ2n) is 6.44. The summed E-state index contributed by atoms with van der Waals surface area (Å²) in [5, 5.41) is 12.1. The summed E-state index contributed by atoms with van der Waals surface area (Å²) in [4.78, 5) is 12.1. The van der Waals surface area contributed by atoms with E-state index in [1.807, 2.05) is 86.6 Å². The topological polar surface area (TPSA) is 48.9 Å². The number of fused-ring (bicyclic) bond motifs is 1. The lowest BCUT2D eigenvalue weighted by Crippen LogP contribution is -2.43.